The van der Waals surface area contributed by atoms with Gasteiger partial charge in [0.2, 0.25) is 0 Å². The number of nitrogens with one attached hydrogen (secondary N) is 1. The second-order valence-corrected chi connectivity index (χ2v) is 6.77. The predicted molar refractivity (Wildman–Crippen MR) is 81.9 cm³/mol. The molecular formula is C14H26N2O3S. The zero-order valence-electron chi connectivity index (χ0n) is 12.8. The molecule has 0 bridgehead atoms. The maximum atomic E-state index is 12.3. The van der Waals surface area contributed by atoms with Gasteiger partial charge in [-0.1, -0.05) is 27.2 Å². The van der Waals surface area contributed by atoms with Crippen LogP contribution in [0.5, 0.6) is 0 Å². The Kier molecular flexibility index (Phi) is 6.65. The number of thioether (sulfide) groups is 1. The van der Waals surface area contributed by atoms with E-state index in [0.29, 0.717) is 11.7 Å². The summed E-state index contributed by atoms with van der Waals surface area (Å²) < 4.78 is 0. The van der Waals surface area contributed by atoms with Crippen LogP contribution in [-0.2, 0) is 4.79 Å². The largest absolute Gasteiger partial charge is 0.480 e. The monoisotopic (exact) mass is 302 g/mol. The first-order chi connectivity index (χ1) is 9.40. The van der Waals surface area contributed by atoms with Crippen LogP contribution in [0, 0.1) is 5.92 Å². The van der Waals surface area contributed by atoms with Crippen molar-refractivity contribution in [2.24, 2.45) is 5.92 Å². The molecule has 0 aromatic carbocycles. The summed E-state index contributed by atoms with van der Waals surface area (Å²) in [5.41, 5.74) is 0. The third-order valence-corrected chi connectivity index (χ3v) is 5.24. The van der Waals surface area contributed by atoms with Crippen LogP contribution in [0.25, 0.3) is 0 Å². The molecule has 0 radical (unpaired) electrons. The SMILES string of the molecule is CCC(C)CC(C)NC(=O)N1C(CC)SCC1C(=O)O. The second-order valence-electron chi connectivity index (χ2n) is 5.56. The standard InChI is InChI=1S/C14H26N2O3S/c1-5-9(3)7-10(4)15-14(19)16-11(13(17)18)8-20-12(16)6-2/h9-12H,5-8H2,1-4H3,(H,15,19)(H,17,18). The molecule has 5 nitrogen and oxygen atoms in total. The number of urea groups is 1. The minimum absolute atomic E-state index is 0.0353. The fraction of sp³-hybridized carbons (Fsp3) is 0.857. The molecule has 0 aromatic rings. The Labute approximate surface area is 125 Å². The van der Waals surface area contributed by atoms with E-state index in [9.17, 15) is 14.7 Å². The topological polar surface area (TPSA) is 69.6 Å². The van der Waals surface area contributed by atoms with Gasteiger partial charge in [-0.2, -0.15) is 0 Å². The van der Waals surface area contributed by atoms with Crippen molar-refractivity contribution in [3.63, 3.8) is 0 Å². The van der Waals surface area contributed by atoms with Gasteiger partial charge >= 0.3 is 12.0 Å². The molecule has 1 saturated heterocycles. The summed E-state index contributed by atoms with van der Waals surface area (Å²) in [5, 5.41) is 12.1. The number of hydrogen-bond donors (Lipinski definition) is 2. The third-order valence-electron chi connectivity index (χ3n) is 3.78. The van der Waals surface area contributed by atoms with Gasteiger partial charge in [-0.25, -0.2) is 9.59 Å². The van der Waals surface area contributed by atoms with Gasteiger partial charge in [-0.05, 0) is 25.7 Å². The van der Waals surface area contributed by atoms with E-state index in [0.717, 1.165) is 19.3 Å². The fourth-order valence-electron chi connectivity index (χ4n) is 2.46. The molecule has 20 heavy (non-hydrogen) atoms. The number of nitrogens with zero attached hydrogens (tertiary/aromatic N) is 1. The van der Waals surface area contributed by atoms with Crippen molar-refractivity contribution in [3.8, 4) is 0 Å². The lowest BCUT2D eigenvalue weighted by molar-refractivity contribution is -0.141. The van der Waals surface area contributed by atoms with Gasteiger partial charge in [0.15, 0.2) is 0 Å². The minimum Gasteiger partial charge on any atom is -0.480 e. The molecule has 0 aliphatic carbocycles. The smallest absolute Gasteiger partial charge is 0.327 e. The summed E-state index contributed by atoms with van der Waals surface area (Å²) >= 11 is 1.54. The Morgan fingerprint density at radius 3 is 2.55 bits per heavy atom. The Morgan fingerprint density at radius 2 is 2.05 bits per heavy atom. The van der Waals surface area contributed by atoms with Crippen molar-refractivity contribution < 1.29 is 14.7 Å². The van der Waals surface area contributed by atoms with E-state index in [1.807, 2.05) is 13.8 Å². The summed E-state index contributed by atoms with van der Waals surface area (Å²) in [7, 11) is 0. The zero-order valence-corrected chi connectivity index (χ0v) is 13.6. The first-order valence-corrected chi connectivity index (χ1v) is 8.38. The van der Waals surface area contributed by atoms with Gasteiger partial charge < -0.3 is 10.4 Å². The zero-order chi connectivity index (χ0) is 15.3. The molecule has 0 aromatic heterocycles. The summed E-state index contributed by atoms with van der Waals surface area (Å²) in [4.78, 5) is 25.1. The summed E-state index contributed by atoms with van der Waals surface area (Å²) in [6, 6.07) is -0.888. The van der Waals surface area contributed by atoms with Crippen molar-refractivity contribution in [2.75, 3.05) is 5.75 Å². The summed E-state index contributed by atoms with van der Waals surface area (Å²) in [6.45, 7) is 8.24. The molecule has 116 valence electrons. The van der Waals surface area contributed by atoms with E-state index in [1.165, 1.54) is 4.90 Å². The maximum absolute atomic E-state index is 12.3. The number of hydrogen-bond acceptors (Lipinski definition) is 3. The summed E-state index contributed by atoms with van der Waals surface area (Å²) in [6.07, 6.45) is 2.76. The normalized spacial score (nSPS) is 25.3. The first kappa shape index (κ1) is 17.1. The molecule has 1 aliphatic heterocycles. The molecule has 0 spiro atoms. The molecule has 1 rings (SSSR count). The number of carboxylic acids is 1. The molecule has 6 heteroatoms. The Hall–Kier alpha value is -0.910. The van der Waals surface area contributed by atoms with E-state index in [-0.39, 0.29) is 17.4 Å². The van der Waals surface area contributed by atoms with Crippen LogP contribution in [-0.4, -0.2) is 45.2 Å². The number of aliphatic carboxylic acids is 1. The van der Waals surface area contributed by atoms with Gasteiger partial charge in [0.25, 0.3) is 0 Å². The lowest BCUT2D eigenvalue weighted by Crippen LogP contribution is -2.52. The Bertz CT molecular complexity index is 351. The molecule has 4 unspecified atom stereocenters. The van der Waals surface area contributed by atoms with Crippen molar-refractivity contribution in [1.29, 1.82) is 0 Å². The van der Waals surface area contributed by atoms with Crippen molar-refractivity contribution in [3.05, 3.63) is 0 Å². The fourth-order valence-corrected chi connectivity index (χ4v) is 3.80. The van der Waals surface area contributed by atoms with E-state index in [1.54, 1.807) is 11.8 Å². The van der Waals surface area contributed by atoms with Gasteiger partial charge in [0.1, 0.15) is 6.04 Å². The van der Waals surface area contributed by atoms with E-state index in [4.69, 9.17) is 0 Å². The maximum Gasteiger partial charge on any atom is 0.327 e. The van der Waals surface area contributed by atoms with Crippen molar-refractivity contribution >= 4 is 23.8 Å². The molecule has 1 heterocycles. The van der Waals surface area contributed by atoms with Crippen LogP contribution in [0.2, 0.25) is 0 Å². The lowest BCUT2D eigenvalue weighted by atomic mass is 10.0. The molecule has 2 amide bonds. The number of amides is 2. The minimum atomic E-state index is -0.918. The quantitative estimate of drug-likeness (QED) is 0.791. The predicted octanol–water partition coefficient (Wildman–Crippen LogP) is 2.76. The molecule has 4 atom stereocenters. The molecule has 1 aliphatic rings. The Morgan fingerprint density at radius 1 is 1.40 bits per heavy atom. The Balaban J connectivity index is 2.65. The van der Waals surface area contributed by atoms with Crippen LogP contribution in [0.1, 0.15) is 47.0 Å². The molecular weight excluding hydrogens is 276 g/mol. The van der Waals surface area contributed by atoms with E-state index < -0.39 is 12.0 Å². The van der Waals surface area contributed by atoms with Crippen LogP contribution >= 0.6 is 11.8 Å². The van der Waals surface area contributed by atoms with Gasteiger partial charge in [-0.15, -0.1) is 11.8 Å². The van der Waals surface area contributed by atoms with Gasteiger partial charge in [-0.3, -0.25) is 4.90 Å². The molecule has 0 saturated carbocycles. The number of rotatable bonds is 6. The van der Waals surface area contributed by atoms with Crippen molar-refractivity contribution in [1.82, 2.24) is 10.2 Å². The van der Waals surface area contributed by atoms with Gasteiger partial charge in [0.05, 0.1) is 5.37 Å². The number of carboxylic acid groups (broad SMARTS) is 1. The van der Waals surface area contributed by atoms with Gasteiger partial charge in [0, 0.05) is 11.8 Å². The van der Waals surface area contributed by atoms with E-state index >= 15 is 0 Å². The van der Waals surface area contributed by atoms with Crippen LogP contribution in [0.15, 0.2) is 0 Å². The van der Waals surface area contributed by atoms with Crippen molar-refractivity contribution in [2.45, 2.75) is 64.4 Å². The average Bonchev–Trinajstić information content (AvgIpc) is 2.82. The van der Waals surface area contributed by atoms with E-state index in [2.05, 4.69) is 19.2 Å². The van der Waals surface area contributed by atoms with Crippen LogP contribution < -0.4 is 5.32 Å². The number of carbonyl (C=O) groups excluding carboxylic acids is 1. The molecule has 1 fully saturated rings. The van der Waals surface area contributed by atoms with Crippen LogP contribution in [0.3, 0.4) is 0 Å². The van der Waals surface area contributed by atoms with Crippen LogP contribution in [0.4, 0.5) is 4.79 Å². The second kappa shape index (κ2) is 7.76. The highest BCUT2D eigenvalue weighted by Crippen LogP contribution is 2.31. The number of carbonyl (C=O) groups is 2. The highest BCUT2D eigenvalue weighted by atomic mass is 32.2. The first-order valence-electron chi connectivity index (χ1n) is 7.33. The average molecular weight is 302 g/mol. The third kappa shape index (κ3) is 4.30. The lowest BCUT2D eigenvalue weighted by Gasteiger charge is -2.29. The highest BCUT2D eigenvalue weighted by molar-refractivity contribution is 8.00. The molecule has 2 N–H and O–H groups in total. The highest BCUT2D eigenvalue weighted by Gasteiger charge is 2.41. The summed E-state index contributed by atoms with van der Waals surface area (Å²) in [5.74, 6) is 0.106.